The maximum atomic E-state index is 5.98. The molecular formula is C22H31NO4. The molecule has 0 amide bonds. The molecule has 2 N–H and O–H groups in total. The first-order chi connectivity index (χ1) is 12.9. The average Bonchev–Trinajstić information content (AvgIpc) is 2.65. The highest BCUT2D eigenvalue weighted by Crippen LogP contribution is 2.34. The van der Waals surface area contributed by atoms with Gasteiger partial charge in [-0.25, -0.2) is 0 Å². The molecule has 0 aromatic heterocycles. The van der Waals surface area contributed by atoms with Crippen molar-refractivity contribution in [1.82, 2.24) is 0 Å². The molecule has 27 heavy (non-hydrogen) atoms. The van der Waals surface area contributed by atoms with Gasteiger partial charge in [0.25, 0.3) is 0 Å². The van der Waals surface area contributed by atoms with Crippen LogP contribution in [0.3, 0.4) is 0 Å². The molecular weight excluding hydrogens is 342 g/mol. The van der Waals surface area contributed by atoms with Crippen LogP contribution in [0.15, 0.2) is 36.4 Å². The summed E-state index contributed by atoms with van der Waals surface area (Å²) in [6, 6.07) is 11.8. The van der Waals surface area contributed by atoms with Crippen molar-refractivity contribution in [2.24, 2.45) is 5.73 Å². The quantitative estimate of drug-likeness (QED) is 0.674. The van der Waals surface area contributed by atoms with Gasteiger partial charge in [0, 0.05) is 5.56 Å². The largest absolute Gasteiger partial charge is 0.497 e. The van der Waals surface area contributed by atoms with Crippen LogP contribution in [0.25, 0.3) is 0 Å². The van der Waals surface area contributed by atoms with Crippen LogP contribution in [-0.2, 0) is 11.8 Å². The summed E-state index contributed by atoms with van der Waals surface area (Å²) in [4.78, 5) is 0. The molecule has 0 spiro atoms. The molecule has 0 radical (unpaired) electrons. The van der Waals surface area contributed by atoms with Crippen molar-refractivity contribution in [2.75, 3.05) is 34.0 Å². The molecule has 0 aliphatic carbocycles. The second kappa shape index (κ2) is 9.51. The lowest BCUT2D eigenvalue weighted by Gasteiger charge is -2.23. The SMILES string of the molecule is COc1ccc(OCCOc2ccc(CCN)cc2OC)c(C(C)(C)C)c1. The summed E-state index contributed by atoms with van der Waals surface area (Å²) in [5.41, 5.74) is 7.79. The molecule has 2 aromatic rings. The monoisotopic (exact) mass is 373 g/mol. The standard InChI is InChI=1S/C22H31NO4/c1-22(2,3)18-15-17(24-4)7-9-19(18)26-12-13-27-20-8-6-16(10-11-23)14-21(20)25-5/h6-9,14-15H,10-13,23H2,1-5H3. The summed E-state index contributed by atoms with van der Waals surface area (Å²) in [7, 11) is 3.31. The summed E-state index contributed by atoms with van der Waals surface area (Å²) >= 11 is 0. The van der Waals surface area contributed by atoms with Crippen molar-refractivity contribution in [3.63, 3.8) is 0 Å². The normalized spacial score (nSPS) is 11.2. The highest BCUT2D eigenvalue weighted by molar-refractivity contribution is 5.44. The lowest BCUT2D eigenvalue weighted by molar-refractivity contribution is 0.208. The summed E-state index contributed by atoms with van der Waals surface area (Å²) in [5, 5.41) is 0. The Kier molecular flexibility index (Phi) is 7.36. The minimum absolute atomic E-state index is 0.0488. The third-order valence-electron chi connectivity index (χ3n) is 4.25. The zero-order valence-electron chi connectivity index (χ0n) is 17.0. The van der Waals surface area contributed by atoms with Crippen molar-refractivity contribution < 1.29 is 18.9 Å². The Labute approximate surface area is 162 Å². The van der Waals surface area contributed by atoms with E-state index in [0.717, 1.165) is 29.0 Å². The fourth-order valence-electron chi connectivity index (χ4n) is 2.80. The highest BCUT2D eigenvalue weighted by Gasteiger charge is 2.20. The molecule has 0 aliphatic rings. The predicted molar refractivity (Wildman–Crippen MR) is 108 cm³/mol. The van der Waals surface area contributed by atoms with E-state index in [4.69, 9.17) is 24.7 Å². The molecule has 0 unspecified atom stereocenters. The van der Waals surface area contributed by atoms with E-state index in [0.29, 0.717) is 31.3 Å². The van der Waals surface area contributed by atoms with E-state index >= 15 is 0 Å². The van der Waals surface area contributed by atoms with E-state index in [1.54, 1.807) is 14.2 Å². The molecule has 0 heterocycles. The maximum Gasteiger partial charge on any atom is 0.161 e. The minimum Gasteiger partial charge on any atom is -0.497 e. The summed E-state index contributed by atoms with van der Waals surface area (Å²) in [6.45, 7) is 7.91. The zero-order valence-corrected chi connectivity index (χ0v) is 17.0. The molecule has 0 saturated heterocycles. The van der Waals surface area contributed by atoms with Gasteiger partial charge in [-0.15, -0.1) is 0 Å². The van der Waals surface area contributed by atoms with Crippen LogP contribution in [0, 0.1) is 0 Å². The van der Waals surface area contributed by atoms with Crippen LogP contribution < -0.4 is 24.7 Å². The minimum atomic E-state index is -0.0488. The van der Waals surface area contributed by atoms with Gasteiger partial charge in [0.05, 0.1) is 14.2 Å². The van der Waals surface area contributed by atoms with Gasteiger partial charge in [0.2, 0.25) is 0 Å². The zero-order chi connectivity index (χ0) is 19.9. The molecule has 0 saturated carbocycles. The molecule has 0 bridgehead atoms. The van der Waals surface area contributed by atoms with Gasteiger partial charge in [0.1, 0.15) is 24.7 Å². The molecule has 0 atom stereocenters. The Bertz CT molecular complexity index is 738. The molecule has 2 aromatic carbocycles. The third-order valence-corrected chi connectivity index (χ3v) is 4.25. The first-order valence-corrected chi connectivity index (χ1v) is 9.20. The number of hydrogen-bond acceptors (Lipinski definition) is 5. The predicted octanol–water partition coefficient (Wildman–Crippen LogP) is 3.96. The van der Waals surface area contributed by atoms with Gasteiger partial charge >= 0.3 is 0 Å². The fraction of sp³-hybridized carbons (Fsp3) is 0.455. The van der Waals surface area contributed by atoms with E-state index in [-0.39, 0.29) is 5.41 Å². The molecule has 2 rings (SSSR count). The topological polar surface area (TPSA) is 62.9 Å². The van der Waals surface area contributed by atoms with Crippen LogP contribution in [0.5, 0.6) is 23.0 Å². The van der Waals surface area contributed by atoms with Crippen LogP contribution in [0.1, 0.15) is 31.9 Å². The van der Waals surface area contributed by atoms with Gasteiger partial charge in [-0.2, -0.15) is 0 Å². The van der Waals surface area contributed by atoms with Crippen molar-refractivity contribution in [1.29, 1.82) is 0 Å². The molecule has 5 heteroatoms. The molecule has 0 fully saturated rings. The first-order valence-electron chi connectivity index (χ1n) is 9.20. The second-order valence-corrected chi connectivity index (χ2v) is 7.33. The molecule has 5 nitrogen and oxygen atoms in total. The number of methoxy groups -OCH3 is 2. The first kappa shape index (κ1) is 20.9. The lowest BCUT2D eigenvalue weighted by Crippen LogP contribution is -2.16. The van der Waals surface area contributed by atoms with Crippen LogP contribution >= 0.6 is 0 Å². The van der Waals surface area contributed by atoms with Gasteiger partial charge in [-0.3, -0.25) is 0 Å². The highest BCUT2D eigenvalue weighted by atomic mass is 16.5. The van der Waals surface area contributed by atoms with Crippen molar-refractivity contribution in [3.05, 3.63) is 47.5 Å². The average molecular weight is 373 g/mol. The van der Waals surface area contributed by atoms with Crippen molar-refractivity contribution in [2.45, 2.75) is 32.6 Å². The van der Waals surface area contributed by atoms with Crippen LogP contribution in [-0.4, -0.2) is 34.0 Å². The van der Waals surface area contributed by atoms with E-state index < -0.39 is 0 Å². The van der Waals surface area contributed by atoms with E-state index in [9.17, 15) is 0 Å². The summed E-state index contributed by atoms with van der Waals surface area (Å²) in [5.74, 6) is 3.08. The Balaban J connectivity index is 1.99. The van der Waals surface area contributed by atoms with Crippen molar-refractivity contribution >= 4 is 0 Å². The number of hydrogen-bond donors (Lipinski definition) is 1. The smallest absolute Gasteiger partial charge is 0.161 e. The van der Waals surface area contributed by atoms with Crippen LogP contribution in [0.2, 0.25) is 0 Å². The number of ether oxygens (including phenoxy) is 4. The van der Waals surface area contributed by atoms with E-state index in [1.165, 1.54) is 0 Å². The van der Waals surface area contributed by atoms with Crippen LogP contribution in [0.4, 0.5) is 0 Å². The van der Waals surface area contributed by atoms with Gasteiger partial charge in [0.15, 0.2) is 11.5 Å². The van der Waals surface area contributed by atoms with Crippen molar-refractivity contribution in [3.8, 4) is 23.0 Å². The second-order valence-electron chi connectivity index (χ2n) is 7.33. The Hall–Kier alpha value is -2.40. The van der Waals surface area contributed by atoms with E-state index in [1.807, 2.05) is 36.4 Å². The molecule has 148 valence electrons. The summed E-state index contributed by atoms with van der Waals surface area (Å²) < 4.78 is 22.6. The van der Waals surface area contributed by atoms with E-state index in [2.05, 4.69) is 20.8 Å². The Morgan fingerprint density at radius 2 is 1.48 bits per heavy atom. The Morgan fingerprint density at radius 1 is 0.815 bits per heavy atom. The maximum absolute atomic E-state index is 5.98. The number of benzene rings is 2. The van der Waals surface area contributed by atoms with Gasteiger partial charge < -0.3 is 24.7 Å². The Morgan fingerprint density at radius 3 is 2.07 bits per heavy atom. The summed E-state index contributed by atoms with van der Waals surface area (Å²) in [6.07, 6.45) is 0.812. The fourth-order valence-corrected chi connectivity index (χ4v) is 2.80. The van der Waals surface area contributed by atoms with Gasteiger partial charge in [-0.1, -0.05) is 26.8 Å². The molecule has 0 aliphatic heterocycles. The third kappa shape index (κ3) is 5.79. The van der Waals surface area contributed by atoms with Gasteiger partial charge in [-0.05, 0) is 54.3 Å². The number of rotatable bonds is 9. The number of nitrogens with two attached hydrogens (primary N) is 1. The lowest BCUT2D eigenvalue weighted by atomic mass is 9.86.